The Hall–Kier alpha value is -4.25. The Morgan fingerprint density at radius 1 is 0.978 bits per heavy atom. The van der Waals surface area contributed by atoms with Gasteiger partial charge in [0.2, 0.25) is 0 Å². The summed E-state index contributed by atoms with van der Waals surface area (Å²) in [4.78, 5) is 33.2. The molecule has 0 fully saturated rings. The SMILES string of the molecule is COc1cccc([C@@H]2C(C(=O)Nc3ccccc3)=C(C)N=c3s/c(=C\c4cc(Br)c(OCc5ccccc5)c(Br)c4)c(=O)n32)c1. The van der Waals surface area contributed by atoms with Crippen LogP contribution in [0.3, 0.4) is 0 Å². The predicted molar refractivity (Wildman–Crippen MR) is 184 cm³/mol. The Labute approximate surface area is 280 Å². The summed E-state index contributed by atoms with van der Waals surface area (Å²) in [7, 11) is 1.59. The monoisotopic (exact) mass is 743 g/mol. The van der Waals surface area contributed by atoms with E-state index < -0.39 is 6.04 Å². The first-order valence-corrected chi connectivity index (χ1v) is 16.4. The Kier molecular flexibility index (Phi) is 9.16. The highest BCUT2D eigenvalue weighted by Gasteiger charge is 2.32. The fraction of sp³-hybridized carbons (Fsp3) is 0.114. The minimum atomic E-state index is -0.713. The number of amides is 1. The van der Waals surface area contributed by atoms with Crippen LogP contribution in [0.5, 0.6) is 11.5 Å². The molecule has 0 unspecified atom stereocenters. The van der Waals surface area contributed by atoms with Gasteiger partial charge in [0, 0.05) is 5.69 Å². The predicted octanol–water partition coefficient (Wildman–Crippen LogP) is 6.99. The van der Waals surface area contributed by atoms with Gasteiger partial charge in [0.1, 0.15) is 18.1 Å². The lowest BCUT2D eigenvalue weighted by Gasteiger charge is -2.25. The molecule has 10 heteroatoms. The van der Waals surface area contributed by atoms with Crippen molar-refractivity contribution in [3.05, 3.63) is 154 Å². The van der Waals surface area contributed by atoms with Crippen molar-refractivity contribution in [2.24, 2.45) is 4.99 Å². The number of thiazole rings is 1. The van der Waals surface area contributed by atoms with E-state index in [1.807, 2.05) is 103 Å². The van der Waals surface area contributed by atoms with Crippen LogP contribution >= 0.6 is 43.2 Å². The number of aromatic nitrogens is 1. The third-order valence-electron chi connectivity index (χ3n) is 7.25. The first kappa shape index (κ1) is 30.8. The summed E-state index contributed by atoms with van der Waals surface area (Å²) in [5.74, 6) is 0.958. The summed E-state index contributed by atoms with van der Waals surface area (Å²) in [6.45, 7) is 2.21. The van der Waals surface area contributed by atoms with Crippen molar-refractivity contribution in [3.8, 4) is 11.5 Å². The van der Waals surface area contributed by atoms with Gasteiger partial charge in [-0.3, -0.25) is 14.2 Å². The Bertz CT molecular complexity index is 2090. The smallest absolute Gasteiger partial charge is 0.271 e. The summed E-state index contributed by atoms with van der Waals surface area (Å²) < 4.78 is 15.1. The van der Waals surface area contributed by atoms with E-state index in [2.05, 4.69) is 37.2 Å². The standard InChI is InChI=1S/C35H27Br2N3O4S/c1-21-30(33(41)39-25-13-7-4-8-14-25)31(24-12-9-15-26(19-24)43-2)40-34(42)29(45-35(40)38-21)18-23-16-27(36)32(28(37)17-23)44-20-22-10-5-3-6-11-22/h3-19,31H,20H2,1-2H3,(H,39,41)/b29-18-/t31-/m1/s1. The van der Waals surface area contributed by atoms with Crippen LogP contribution in [0.15, 0.2) is 127 Å². The van der Waals surface area contributed by atoms with Gasteiger partial charge >= 0.3 is 0 Å². The number of fused-ring (bicyclic) bond motifs is 1. The number of hydrogen-bond donors (Lipinski definition) is 1. The summed E-state index contributed by atoms with van der Waals surface area (Å²) in [5.41, 5.74) is 3.91. The van der Waals surface area contributed by atoms with Gasteiger partial charge < -0.3 is 14.8 Å². The molecule has 1 atom stereocenters. The average molecular weight is 745 g/mol. The maximum atomic E-state index is 14.1. The second kappa shape index (κ2) is 13.4. The van der Waals surface area contributed by atoms with E-state index in [9.17, 15) is 9.59 Å². The minimum absolute atomic E-state index is 0.249. The van der Waals surface area contributed by atoms with E-state index in [4.69, 9.17) is 14.5 Å². The highest BCUT2D eigenvalue weighted by Crippen LogP contribution is 2.36. The molecular formula is C35H27Br2N3O4S. The number of carbonyl (C=O) groups is 1. The molecule has 1 aliphatic rings. The molecule has 0 aliphatic carbocycles. The van der Waals surface area contributed by atoms with Gasteiger partial charge in [0.15, 0.2) is 4.80 Å². The zero-order valence-electron chi connectivity index (χ0n) is 24.3. The van der Waals surface area contributed by atoms with Gasteiger partial charge in [-0.15, -0.1) is 0 Å². The van der Waals surface area contributed by atoms with E-state index in [0.29, 0.717) is 44.4 Å². The number of ether oxygens (including phenoxy) is 2. The molecular weight excluding hydrogens is 718 g/mol. The van der Waals surface area contributed by atoms with E-state index in [-0.39, 0.29) is 11.5 Å². The molecule has 6 rings (SSSR count). The van der Waals surface area contributed by atoms with Crippen LogP contribution < -0.4 is 29.7 Å². The van der Waals surface area contributed by atoms with Crippen molar-refractivity contribution in [1.82, 2.24) is 4.57 Å². The number of hydrogen-bond acceptors (Lipinski definition) is 6. The summed E-state index contributed by atoms with van der Waals surface area (Å²) in [6, 6.07) is 29.7. The highest BCUT2D eigenvalue weighted by molar-refractivity contribution is 9.11. The summed E-state index contributed by atoms with van der Waals surface area (Å²) >= 11 is 8.55. The molecule has 0 spiro atoms. The molecule has 1 aromatic heterocycles. The van der Waals surface area contributed by atoms with Gasteiger partial charge in [-0.05, 0) is 97.9 Å². The van der Waals surface area contributed by atoms with E-state index >= 15 is 0 Å². The molecule has 45 heavy (non-hydrogen) atoms. The van der Waals surface area contributed by atoms with E-state index in [1.54, 1.807) is 18.6 Å². The fourth-order valence-corrected chi connectivity index (χ4v) is 7.64. The second-order valence-corrected chi connectivity index (χ2v) is 13.0. The number of allylic oxidation sites excluding steroid dienone is 1. The number of halogens is 2. The maximum Gasteiger partial charge on any atom is 0.271 e. The van der Waals surface area contributed by atoms with Crippen molar-refractivity contribution in [2.45, 2.75) is 19.6 Å². The van der Waals surface area contributed by atoms with Gasteiger partial charge in [-0.2, -0.15) is 0 Å². The number of rotatable bonds is 8. The lowest BCUT2D eigenvalue weighted by molar-refractivity contribution is -0.113. The average Bonchev–Trinajstić information content (AvgIpc) is 3.34. The van der Waals surface area contributed by atoms with Gasteiger partial charge in [0.25, 0.3) is 11.5 Å². The molecule has 226 valence electrons. The van der Waals surface area contributed by atoms with Crippen molar-refractivity contribution in [2.75, 3.05) is 12.4 Å². The van der Waals surface area contributed by atoms with Crippen molar-refractivity contribution < 1.29 is 14.3 Å². The Balaban J connectivity index is 1.41. The van der Waals surface area contributed by atoms with Gasteiger partial charge in [-0.1, -0.05) is 72.0 Å². The molecule has 4 aromatic carbocycles. The quantitative estimate of drug-likeness (QED) is 0.186. The van der Waals surface area contributed by atoms with Gasteiger partial charge in [-0.25, -0.2) is 4.99 Å². The molecule has 0 saturated heterocycles. The lowest BCUT2D eigenvalue weighted by atomic mass is 9.95. The molecule has 5 aromatic rings. The summed E-state index contributed by atoms with van der Waals surface area (Å²) in [5, 5.41) is 2.98. The summed E-state index contributed by atoms with van der Waals surface area (Å²) in [6.07, 6.45) is 1.83. The van der Waals surface area contributed by atoms with E-state index in [1.165, 1.54) is 11.3 Å². The molecule has 0 bridgehead atoms. The number of anilines is 1. The van der Waals surface area contributed by atoms with Crippen LogP contribution in [-0.2, 0) is 11.4 Å². The van der Waals surface area contributed by atoms with E-state index in [0.717, 1.165) is 25.6 Å². The Morgan fingerprint density at radius 3 is 2.36 bits per heavy atom. The molecule has 1 N–H and O–H groups in total. The number of carbonyl (C=O) groups excluding carboxylic acids is 1. The van der Waals surface area contributed by atoms with Crippen LogP contribution in [-0.4, -0.2) is 17.6 Å². The lowest BCUT2D eigenvalue weighted by Crippen LogP contribution is -2.40. The van der Waals surface area contributed by atoms with Crippen molar-refractivity contribution >= 4 is 60.9 Å². The first-order chi connectivity index (χ1) is 21.8. The van der Waals surface area contributed by atoms with Crippen molar-refractivity contribution in [3.63, 3.8) is 0 Å². The molecule has 0 radical (unpaired) electrons. The zero-order valence-corrected chi connectivity index (χ0v) is 28.3. The maximum absolute atomic E-state index is 14.1. The molecule has 1 amide bonds. The normalized spacial score (nSPS) is 14.5. The number of methoxy groups -OCH3 is 1. The second-order valence-electron chi connectivity index (χ2n) is 10.3. The van der Waals surface area contributed by atoms with Crippen LogP contribution in [0.25, 0.3) is 6.08 Å². The molecule has 1 aliphatic heterocycles. The number of para-hydroxylation sites is 1. The van der Waals surface area contributed by atoms with Crippen LogP contribution in [0.2, 0.25) is 0 Å². The third kappa shape index (κ3) is 6.58. The third-order valence-corrected chi connectivity index (χ3v) is 9.41. The zero-order chi connectivity index (χ0) is 31.5. The van der Waals surface area contributed by atoms with Crippen LogP contribution in [0, 0.1) is 0 Å². The Morgan fingerprint density at radius 2 is 1.67 bits per heavy atom. The van der Waals surface area contributed by atoms with Crippen molar-refractivity contribution in [1.29, 1.82) is 0 Å². The van der Waals surface area contributed by atoms with Crippen LogP contribution in [0.4, 0.5) is 5.69 Å². The largest absolute Gasteiger partial charge is 0.497 e. The minimum Gasteiger partial charge on any atom is -0.497 e. The first-order valence-electron chi connectivity index (χ1n) is 14.0. The molecule has 7 nitrogen and oxygen atoms in total. The van der Waals surface area contributed by atoms with Gasteiger partial charge in [0.05, 0.1) is 37.9 Å². The number of benzene rings is 4. The molecule has 2 heterocycles. The fourth-order valence-electron chi connectivity index (χ4n) is 5.14. The molecule has 0 saturated carbocycles. The highest BCUT2D eigenvalue weighted by atomic mass is 79.9. The van der Waals surface area contributed by atoms with Crippen LogP contribution in [0.1, 0.15) is 29.7 Å². The number of nitrogens with zero attached hydrogens (tertiary/aromatic N) is 2. The number of nitrogens with one attached hydrogen (secondary N) is 1. The topological polar surface area (TPSA) is 81.9 Å².